The van der Waals surface area contributed by atoms with Crippen molar-refractivity contribution in [3.63, 3.8) is 0 Å². The number of amides is 1. The van der Waals surface area contributed by atoms with Crippen LogP contribution in [-0.4, -0.2) is 24.7 Å². The Balaban J connectivity index is 2.23. The average Bonchev–Trinajstić information content (AvgIpc) is 2.46. The van der Waals surface area contributed by atoms with Crippen molar-refractivity contribution in [3.8, 4) is 0 Å². The van der Waals surface area contributed by atoms with Crippen LogP contribution in [-0.2, 0) is 16.0 Å². The van der Waals surface area contributed by atoms with Crippen LogP contribution < -0.4 is 5.32 Å². The highest BCUT2D eigenvalue weighted by molar-refractivity contribution is 5.77. The molecule has 0 saturated heterocycles. The lowest BCUT2D eigenvalue weighted by molar-refractivity contribution is -0.125. The first kappa shape index (κ1) is 16.0. The molecule has 0 bridgehead atoms. The molecule has 0 aromatic heterocycles. The predicted molar refractivity (Wildman–Crippen MR) is 81.9 cm³/mol. The van der Waals surface area contributed by atoms with Gasteiger partial charge in [0.2, 0.25) is 5.91 Å². The van der Waals surface area contributed by atoms with E-state index in [1.54, 1.807) is 0 Å². The molecule has 0 heterocycles. The maximum atomic E-state index is 11.8. The normalized spacial score (nSPS) is 19.2. The van der Waals surface area contributed by atoms with Crippen molar-refractivity contribution in [2.45, 2.75) is 45.3 Å². The fourth-order valence-corrected chi connectivity index (χ4v) is 2.90. The van der Waals surface area contributed by atoms with Gasteiger partial charge in [-0.2, -0.15) is 0 Å². The van der Waals surface area contributed by atoms with Crippen LogP contribution in [0.5, 0.6) is 0 Å². The second-order valence-electron chi connectivity index (χ2n) is 6.09. The van der Waals surface area contributed by atoms with Gasteiger partial charge >= 0.3 is 0 Å². The smallest absolute Gasteiger partial charge is 0.246 e. The van der Waals surface area contributed by atoms with E-state index < -0.39 is 6.10 Å². The van der Waals surface area contributed by atoms with Crippen LogP contribution in [0.15, 0.2) is 18.2 Å². The summed E-state index contributed by atoms with van der Waals surface area (Å²) in [6.07, 6.45) is 2.57. The highest BCUT2D eigenvalue weighted by Gasteiger charge is 2.23. The van der Waals surface area contributed by atoms with Gasteiger partial charge in [0, 0.05) is 7.11 Å². The Morgan fingerprint density at radius 2 is 2.24 bits per heavy atom. The Labute approximate surface area is 126 Å². The molecule has 0 fully saturated rings. The van der Waals surface area contributed by atoms with Gasteiger partial charge in [-0.15, -0.1) is 0 Å². The van der Waals surface area contributed by atoms with Gasteiger partial charge in [0.15, 0.2) is 0 Å². The fraction of sp³-hybridized carbons (Fsp3) is 0.588. The highest BCUT2D eigenvalue weighted by Crippen LogP contribution is 2.33. The summed E-state index contributed by atoms with van der Waals surface area (Å²) in [5.41, 5.74) is 3.34. The standard InChI is InChI=1S/C17H25NO3/c1-11(2)17(20)13-8-7-12-5-4-6-15(14(12)9-13)18-16(19)10-21-3/h7-9,11,15,17,20H,4-6,10H2,1-3H3,(H,18,19). The van der Waals surface area contributed by atoms with Crippen LogP contribution in [0, 0.1) is 5.92 Å². The van der Waals surface area contributed by atoms with Crippen LogP contribution in [0.4, 0.5) is 0 Å². The maximum Gasteiger partial charge on any atom is 0.246 e. The number of fused-ring (bicyclic) bond motifs is 1. The van der Waals surface area contributed by atoms with Crippen molar-refractivity contribution in [1.29, 1.82) is 0 Å². The Hall–Kier alpha value is -1.39. The number of nitrogens with one attached hydrogen (secondary N) is 1. The predicted octanol–water partition coefficient (Wildman–Crippen LogP) is 2.52. The van der Waals surface area contributed by atoms with Gasteiger partial charge in [-0.3, -0.25) is 4.79 Å². The first-order valence-electron chi connectivity index (χ1n) is 7.62. The van der Waals surface area contributed by atoms with E-state index in [1.807, 2.05) is 19.9 Å². The van der Waals surface area contributed by atoms with Crippen LogP contribution in [0.1, 0.15) is 55.5 Å². The molecule has 2 atom stereocenters. The van der Waals surface area contributed by atoms with E-state index >= 15 is 0 Å². The molecule has 2 unspecified atom stereocenters. The number of rotatable bonds is 5. The fourth-order valence-electron chi connectivity index (χ4n) is 2.90. The third kappa shape index (κ3) is 3.83. The topological polar surface area (TPSA) is 58.6 Å². The summed E-state index contributed by atoms with van der Waals surface area (Å²) in [7, 11) is 1.52. The van der Waals surface area contributed by atoms with Gasteiger partial charge in [-0.1, -0.05) is 32.0 Å². The molecular formula is C17H25NO3. The molecule has 1 aromatic rings. The van der Waals surface area contributed by atoms with Crippen LogP contribution in [0.25, 0.3) is 0 Å². The third-order valence-corrected chi connectivity index (χ3v) is 4.07. The molecule has 21 heavy (non-hydrogen) atoms. The minimum Gasteiger partial charge on any atom is -0.388 e. The van der Waals surface area contributed by atoms with E-state index in [-0.39, 0.29) is 24.5 Å². The third-order valence-electron chi connectivity index (χ3n) is 4.07. The summed E-state index contributed by atoms with van der Waals surface area (Å²) in [5, 5.41) is 13.3. The lowest BCUT2D eigenvalue weighted by atomic mass is 9.85. The quantitative estimate of drug-likeness (QED) is 0.876. The molecule has 1 amide bonds. The lowest BCUT2D eigenvalue weighted by Crippen LogP contribution is -2.33. The number of methoxy groups -OCH3 is 1. The van der Waals surface area contributed by atoms with Crippen molar-refractivity contribution < 1.29 is 14.6 Å². The van der Waals surface area contributed by atoms with E-state index in [4.69, 9.17) is 4.74 Å². The van der Waals surface area contributed by atoms with Crippen molar-refractivity contribution in [1.82, 2.24) is 5.32 Å². The van der Waals surface area contributed by atoms with Crippen LogP contribution in [0.2, 0.25) is 0 Å². The number of aryl methyl sites for hydroxylation is 1. The molecule has 0 aliphatic heterocycles. The molecule has 4 nitrogen and oxygen atoms in total. The molecule has 2 rings (SSSR count). The van der Waals surface area contributed by atoms with Crippen molar-refractivity contribution in [2.24, 2.45) is 5.92 Å². The van der Waals surface area contributed by atoms with Gasteiger partial charge < -0.3 is 15.2 Å². The van der Waals surface area contributed by atoms with E-state index in [2.05, 4.69) is 17.4 Å². The molecule has 0 saturated carbocycles. The number of hydrogen-bond acceptors (Lipinski definition) is 3. The molecule has 1 aromatic carbocycles. The lowest BCUT2D eigenvalue weighted by Gasteiger charge is -2.28. The minimum atomic E-state index is -0.465. The number of carbonyl (C=O) groups is 1. The molecule has 0 radical (unpaired) electrons. The summed E-state index contributed by atoms with van der Waals surface area (Å²) in [6.45, 7) is 4.09. The molecule has 1 aliphatic rings. The number of aliphatic hydroxyl groups is 1. The van der Waals surface area contributed by atoms with E-state index in [1.165, 1.54) is 12.7 Å². The Bertz CT molecular complexity index is 499. The Morgan fingerprint density at radius 1 is 1.48 bits per heavy atom. The second-order valence-corrected chi connectivity index (χ2v) is 6.09. The Kier molecular flexibility index (Phi) is 5.37. The number of benzene rings is 1. The van der Waals surface area contributed by atoms with Crippen LogP contribution in [0.3, 0.4) is 0 Å². The zero-order chi connectivity index (χ0) is 15.4. The molecule has 1 aliphatic carbocycles. The summed E-state index contributed by atoms with van der Waals surface area (Å²) in [4.78, 5) is 11.8. The number of aliphatic hydroxyl groups excluding tert-OH is 1. The summed E-state index contributed by atoms with van der Waals surface area (Å²) < 4.78 is 4.87. The van der Waals surface area contributed by atoms with Gasteiger partial charge in [-0.25, -0.2) is 0 Å². The largest absolute Gasteiger partial charge is 0.388 e. The van der Waals surface area contributed by atoms with Gasteiger partial charge in [0.25, 0.3) is 0 Å². The van der Waals surface area contributed by atoms with Crippen molar-refractivity contribution >= 4 is 5.91 Å². The molecule has 0 spiro atoms. The van der Waals surface area contributed by atoms with E-state index in [0.29, 0.717) is 0 Å². The van der Waals surface area contributed by atoms with Gasteiger partial charge in [0.1, 0.15) is 6.61 Å². The molecule has 116 valence electrons. The van der Waals surface area contributed by atoms with E-state index in [9.17, 15) is 9.90 Å². The summed E-state index contributed by atoms with van der Waals surface area (Å²) in [5.74, 6) is 0.0818. The number of ether oxygens (including phenoxy) is 1. The van der Waals surface area contributed by atoms with Crippen molar-refractivity contribution in [3.05, 3.63) is 34.9 Å². The molecule has 4 heteroatoms. The van der Waals surface area contributed by atoms with Gasteiger partial charge in [0.05, 0.1) is 12.1 Å². The molecule has 2 N–H and O–H groups in total. The average molecular weight is 291 g/mol. The SMILES string of the molecule is COCC(=O)NC1CCCc2ccc(C(O)C(C)C)cc21. The second kappa shape index (κ2) is 7.05. The first-order chi connectivity index (χ1) is 10.0. The Morgan fingerprint density at radius 3 is 2.90 bits per heavy atom. The van der Waals surface area contributed by atoms with Gasteiger partial charge in [-0.05, 0) is 41.9 Å². The highest BCUT2D eigenvalue weighted by atomic mass is 16.5. The monoisotopic (exact) mass is 291 g/mol. The first-order valence-corrected chi connectivity index (χ1v) is 7.62. The zero-order valence-corrected chi connectivity index (χ0v) is 13.1. The molecular weight excluding hydrogens is 266 g/mol. The summed E-state index contributed by atoms with van der Waals surface area (Å²) >= 11 is 0. The van der Waals surface area contributed by atoms with Crippen molar-refractivity contribution in [2.75, 3.05) is 13.7 Å². The number of carbonyl (C=O) groups excluding carboxylic acids is 1. The summed E-state index contributed by atoms with van der Waals surface area (Å²) in [6, 6.07) is 6.17. The van der Waals surface area contributed by atoms with Crippen LogP contribution >= 0.6 is 0 Å². The zero-order valence-electron chi connectivity index (χ0n) is 13.1. The maximum absolute atomic E-state index is 11.8. The minimum absolute atomic E-state index is 0.0238. The number of hydrogen-bond donors (Lipinski definition) is 2. The van der Waals surface area contributed by atoms with E-state index in [0.717, 1.165) is 30.4 Å².